The fourth-order valence-corrected chi connectivity index (χ4v) is 2.72. The first-order chi connectivity index (χ1) is 11.7. The van der Waals surface area contributed by atoms with Crippen molar-refractivity contribution in [3.63, 3.8) is 0 Å². The minimum absolute atomic E-state index is 0.166. The number of hydrogen-bond acceptors (Lipinski definition) is 5. The van der Waals surface area contributed by atoms with Crippen molar-refractivity contribution in [2.75, 3.05) is 11.9 Å². The summed E-state index contributed by atoms with van der Waals surface area (Å²) in [5, 5.41) is 11.1. The lowest BCUT2D eigenvalue weighted by molar-refractivity contribution is -0.116. The normalized spacial score (nSPS) is 10.3. The van der Waals surface area contributed by atoms with Gasteiger partial charge in [-0.1, -0.05) is 29.4 Å². The first kappa shape index (κ1) is 15.9. The smallest absolute Gasteiger partial charge is 0.273 e. The predicted molar refractivity (Wildman–Crippen MR) is 91.8 cm³/mol. The van der Waals surface area contributed by atoms with Crippen LogP contribution in [0.25, 0.3) is 10.6 Å². The van der Waals surface area contributed by atoms with E-state index in [1.54, 1.807) is 18.2 Å². The van der Waals surface area contributed by atoms with Crippen molar-refractivity contribution >= 4 is 28.8 Å². The summed E-state index contributed by atoms with van der Waals surface area (Å²) < 4.78 is 5.16. The van der Waals surface area contributed by atoms with Crippen molar-refractivity contribution in [2.24, 2.45) is 0 Å². The van der Waals surface area contributed by atoms with Crippen LogP contribution in [-0.2, 0) is 4.79 Å². The zero-order chi connectivity index (χ0) is 16.8. The molecule has 2 N–H and O–H groups in total. The number of amides is 2. The Morgan fingerprint density at radius 2 is 1.96 bits per heavy atom. The number of rotatable bonds is 6. The fraction of sp³-hybridized carbons (Fsp3) is 0.118. The lowest BCUT2D eigenvalue weighted by Crippen LogP contribution is -2.27. The van der Waals surface area contributed by atoms with Crippen LogP contribution in [0, 0.1) is 0 Å². The van der Waals surface area contributed by atoms with Crippen LogP contribution in [0.2, 0.25) is 0 Å². The van der Waals surface area contributed by atoms with Gasteiger partial charge in [0.05, 0.1) is 4.88 Å². The molecule has 0 unspecified atom stereocenters. The lowest BCUT2D eigenvalue weighted by atomic mass is 10.3. The number of aromatic nitrogens is 1. The molecule has 6 nitrogen and oxygen atoms in total. The molecule has 2 heterocycles. The second-order valence-corrected chi connectivity index (χ2v) is 5.92. The van der Waals surface area contributed by atoms with E-state index in [0.717, 1.165) is 10.6 Å². The van der Waals surface area contributed by atoms with Gasteiger partial charge in [0.2, 0.25) is 5.91 Å². The number of anilines is 1. The quantitative estimate of drug-likeness (QED) is 0.721. The van der Waals surface area contributed by atoms with Crippen LogP contribution in [0.4, 0.5) is 5.69 Å². The molecular formula is C17H15N3O3S. The largest absolute Gasteiger partial charge is 0.355 e. The number of hydrogen-bond donors (Lipinski definition) is 2. The maximum absolute atomic E-state index is 12.0. The fourth-order valence-electron chi connectivity index (χ4n) is 2.04. The van der Waals surface area contributed by atoms with Gasteiger partial charge in [0, 0.05) is 24.7 Å². The zero-order valence-electron chi connectivity index (χ0n) is 12.7. The van der Waals surface area contributed by atoms with Gasteiger partial charge in [-0.2, -0.15) is 0 Å². The molecule has 24 heavy (non-hydrogen) atoms. The molecule has 7 heteroatoms. The van der Waals surface area contributed by atoms with Gasteiger partial charge in [-0.25, -0.2) is 0 Å². The van der Waals surface area contributed by atoms with Gasteiger partial charge in [-0.05, 0) is 23.6 Å². The van der Waals surface area contributed by atoms with Crippen molar-refractivity contribution in [1.29, 1.82) is 0 Å². The third-order valence-corrected chi connectivity index (χ3v) is 4.09. The molecular weight excluding hydrogens is 326 g/mol. The van der Waals surface area contributed by atoms with Gasteiger partial charge in [-0.15, -0.1) is 11.3 Å². The predicted octanol–water partition coefficient (Wildman–Crippen LogP) is 3.16. The monoisotopic (exact) mass is 341 g/mol. The van der Waals surface area contributed by atoms with Crippen LogP contribution >= 0.6 is 11.3 Å². The van der Waals surface area contributed by atoms with Crippen LogP contribution in [0.15, 0.2) is 58.4 Å². The standard InChI is InChI=1S/C17H15N3O3S/c21-16(19-12-5-2-1-3-6-12)8-9-18-17(22)13-11-14(23-20-13)15-7-4-10-24-15/h1-7,10-11H,8-9H2,(H,18,22)(H,19,21). The highest BCUT2D eigenvalue weighted by Gasteiger charge is 2.14. The Hall–Kier alpha value is -2.93. The van der Waals surface area contributed by atoms with E-state index in [2.05, 4.69) is 15.8 Å². The molecule has 0 aliphatic heterocycles. The first-order valence-corrected chi connectivity index (χ1v) is 8.24. The topological polar surface area (TPSA) is 84.2 Å². The van der Waals surface area contributed by atoms with Gasteiger partial charge in [0.15, 0.2) is 11.5 Å². The highest BCUT2D eigenvalue weighted by atomic mass is 32.1. The summed E-state index contributed by atoms with van der Waals surface area (Å²) in [6.45, 7) is 0.221. The van der Waals surface area contributed by atoms with Crippen LogP contribution in [-0.4, -0.2) is 23.5 Å². The van der Waals surface area contributed by atoms with E-state index in [1.165, 1.54) is 11.3 Å². The Morgan fingerprint density at radius 1 is 1.12 bits per heavy atom. The number of carbonyl (C=O) groups excluding carboxylic acids is 2. The van der Waals surface area contributed by atoms with E-state index in [1.807, 2.05) is 35.7 Å². The molecule has 0 saturated carbocycles. The Balaban J connectivity index is 1.46. The SMILES string of the molecule is O=C(CCNC(=O)c1cc(-c2cccs2)on1)Nc1ccccc1. The molecule has 2 amide bonds. The Kier molecular flexibility index (Phi) is 5.02. The summed E-state index contributed by atoms with van der Waals surface area (Å²) in [6.07, 6.45) is 0.177. The average molecular weight is 341 g/mol. The second-order valence-electron chi connectivity index (χ2n) is 4.97. The van der Waals surface area contributed by atoms with Gasteiger partial charge < -0.3 is 15.2 Å². The number of carbonyl (C=O) groups is 2. The number of benzene rings is 1. The molecule has 0 radical (unpaired) electrons. The average Bonchev–Trinajstić information content (AvgIpc) is 3.27. The van der Waals surface area contributed by atoms with E-state index in [0.29, 0.717) is 5.76 Å². The van der Waals surface area contributed by atoms with E-state index >= 15 is 0 Å². The molecule has 0 aliphatic rings. The van der Waals surface area contributed by atoms with Crippen LogP contribution in [0.3, 0.4) is 0 Å². The lowest BCUT2D eigenvalue weighted by Gasteiger charge is -2.05. The van der Waals surface area contributed by atoms with Gasteiger partial charge in [0.25, 0.3) is 5.91 Å². The Labute approximate surface area is 142 Å². The van der Waals surface area contributed by atoms with Crippen molar-refractivity contribution in [2.45, 2.75) is 6.42 Å². The summed E-state index contributed by atoms with van der Waals surface area (Å²) in [7, 11) is 0. The number of para-hydroxylation sites is 1. The van der Waals surface area contributed by atoms with Crippen LogP contribution in [0.5, 0.6) is 0 Å². The van der Waals surface area contributed by atoms with Crippen LogP contribution < -0.4 is 10.6 Å². The summed E-state index contributed by atoms with van der Waals surface area (Å²) in [5.74, 6) is 0.0203. The summed E-state index contributed by atoms with van der Waals surface area (Å²) in [4.78, 5) is 24.7. The Morgan fingerprint density at radius 3 is 2.71 bits per heavy atom. The van der Waals surface area contributed by atoms with E-state index in [4.69, 9.17) is 4.52 Å². The third-order valence-electron chi connectivity index (χ3n) is 3.20. The number of nitrogens with zero attached hydrogens (tertiary/aromatic N) is 1. The van der Waals surface area contributed by atoms with E-state index < -0.39 is 0 Å². The first-order valence-electron chi connectivity index (χ1n) is 7.36. The van der Waals surface area contributed by atoms with Gasteiger partial charge >= 0.3 is 0 Å². The molecule has 0 aliphatic carbocycles. The van der Waals surface area contributed by atoms with E-state index in [-0.39, 0.29) is 30.5 Å². The zero-order valence-corrected chi connectivity index (χ0v) is 13.5. The van der Waals surface area contributed by atoms with Crippen molar-refractivity contribution in [1.82, 2.24) is 10.5 Å². The maximum atomic E-state index is 12.0. The molecule has 122 valence electrons. The molecule has 0 saturated heterocycles. The molecule has 3 rings (SSSR count). The van der Waals surface area contributed by atoms with Crippen LogP contribution in [0.1, 0.15) is 16.9 Å². The van der Waals surface area contributed by atoms with Crippen molar-refractivity contribution in [3.8, 4) is 10.6 Å². The molecule has 0 bridgehead atoms. The summed E-state index contributed by atoms with van der Waals surface area (Å²) in [6, 6.07) is 14.5. The highest BCUT2D eigenvalue weighted by molar-refractivity contribution is 7.13. The van der Waals surface area contributed by atoms with Gasteiger partial charge in [-0.3, -0.25) is 9.59 Å². The van der Waals surface area contributed by atoms with E-state index in [9.17, 15) is 9.59 Å². The second kappa shape index (κ2) is 7.56. The minimum atomic E-state index is -0.367. The molecule has 0 fully saturated rings. The minimum Gasteiger partial charge on any atom is -0.355 e. The number of nitrogens with one attached hydrogen (secondary N) is 2. The molecule has 3 aromatic rings. The molecule has 0 spiro atoms. The van der Waals surface area contributed by atoms with Crippen molar-refractivity contribution in [3.05, 3.63) is 59.6 Å². The van der Waals surface area contributed by atoms with Crippen molar-refractivity contribution < 1.29 is 14.1 Å². The molecule has 0 atom stereocenters. The third kappa shape index (κ3) is 4.08. The molecule has 2 aromatic heterocycles. The highest BCUT2D eigenvalue weighted by Crippen LogP contribution is 2.24. The number of thiophene rings is 1. The summed E-state index contributed by atoms with van der Waals surface area (Å²) >= 11 is 1.51. The molecule has 1 aromatic carbocycles. The summed E-state index contributed by atoms with van der Waals surface area (Å²) in [5.41, 5.74) is 0.924. The Bertz CT molecular complexity index is 813. The van der Waals surface area contributed by atoms with Gasteiger partial charge in [0.1, 0.15) is 0 Å². The maximum Gasteiger partial charge on any atom is 0.273 e.